The monoisotopic (exact) mass is 751 g/mol. The second-order valence-electron chi connectivity index (χ2n) is 15.6. The average molecular weight is 752 g/mol. The summed E-state index contributed by atoms with van der Waals surface area (Å²) in [4.78, 5) is 0. The summed E-state index contributed by atoms with van der Waals surface area (Å²) in [5.41, 5.74) is 11.5. The highest BCUT2D eigenvalue weighted by Gasteiger charge is 2.27. The molecule has 59 heavy (non-hydrogen) atoms. The molecule has 4 aromatic heterocycles. The Morgan fingerprint density at radius 1 is 0.373 bits per heavy atom. The molecule has 0 spiro atoms. The van der Waals surface area contributed by atoms with E-state index in [9.17, 15) is 10.8 Å². The van der Waals surface area contributed by atoms with Gasteiger partial charge in [-0.2, -0.15) is 0 Å². The highest BCUT2D eigenvalue weighted by molar-refractivity contribution is 6.38. The fourth-order valence-corrected chi connectivity index (χ4v) is 10.2. The highest BCUT2D eigenvalue weighted by atomic mass is 15.0. The zero-order valence-electron chi connectivity index (χ0n) is 31.7. The van der Waals surface area contributed by atoms with Crippen molar-refractivity contribution in [3.8, 4) is 5.69 Å². The van der Waals surface area contributed by atoms with E-state index in [0.717, 1.165) is 54.9 Å². The maximum absolute atomic E-state index is 10.2. The fraction of sp³-hybridized carbons (Fsp3) is 0. The number of nitrogens with zero attached hydrogens (tertiary/aromatic N) is 3. The first-order chi connectivity index (χ1) is 29.2. The van der Waals surface area contributed by atoms with Crippen LogP contribution in [-0.2, 0) is 0 Å². The number of aromatic nitrogens is 3. The van der Waals surface area contributed by atoms with E-state index >= 15 is 0 Å². The van der Waals surface area contributed by atoms with Crippen LogP contribution in [0.5, 0.6) is 0 Å². The first kappa shape index (κ1) is 32.1. The van der Waals surface area contributed by atoms with Crippen LogP contribution in [0.1, 0.15) is 16.7 Å². The molecule has 0 unspecified atom stereocenters. The van der Waals surface area contributed by atoms with Crippen LogP contribution in [0, 0.1) is 10.8 Å². The van der Waals surface area contributed by atoms with Crippen LogP contribution in [0.25, 0.3) is 98.2 Å². The zero-order valence-corrected chi connectivity index (χ0v) is 31.7. The predicted molar refractivity (Wildman–Crippen MR) is 247 cm³/mol. The van der Waals surface area contributed by atoms with Crippen molar-refractivity contribution in [3.63, 3.8) is 0 Å². The molecule has 0 aliphatic rings. The second kappa shape index (κ2) is 11.8. The molecule has 13 rings (SSSR count). The van der Waals surface area contributed by atoms with E-state index in [-0.39, 0.29) is 0 Å². The molecule has 0 aliphatic carbocycles. The van der Waals surface area contributed by atoms with Gasteiger partial charge in [0.05, 0.1) is 44.3 Å². The minimum absolute atomic E-state index is 0.338. The van der Waals surface area contributed by atoms with E-state index in [2.05, 4.69) is 171 Å². The Morgan fingerprint density at radius 3 is 1.81 bits per heavy atom. The number of benzene rings is 9. The quantitative estimate of drug-likeness (QED) is 0.133. The van der Waals surface area contributed by atoms with Gasteiger partial charge >= 0.3 is 0 Å². The lowest BCUT2D eigenvalue weighted by molar-refractivity contribution is 1.18. The standard InChI is InChI=1S/C54H33N5/c55-51(33-27-29-47-42(30-33)36-18-8-11-23-44(36)57(47)34-15-2-1-3-16-34)38-20-6-7-21-39(38)54(56)58-46-25-13-10-22-40(46)49-48(58)31-43-37-19-9-12-24-45(37)59-52-35-17-5-4-14-32(35)26-28-41(52)50(49)53(43)59/h1-31,55-56H. The van der Waals surface area contributed by atoms with Gasteiger partial charge < -0.3 is 8.97 Å². The van der Waals surface area contributed by atoms with Gasteiger partial charge in [-0.1, -0.05) is 140 Å². The molecule has 0 fully saturated rings. The third-order valence-corrected chi connectivity index (χ3v) is 12.6. The van der Waals surface area contributed by atoms with Crippen LogP contribution in [0.2, 0.25) is 0 Å². The summed E-state index contributed by atoms with van der Waals surface area (Å²) in [6, 6.07) is 65.9. The second-order valence-corrected chi connectivity index (χ2v) is 15.6. The maximum atomic E-state index is 10.2. The van der Waals surface area contributed by atoms with Crippen molar-refractivity contribution in [1.29, 1.82) is 10.8 Å². The van der Waals surface area contributed by atoms with Crippen LogP contribution in [-0.4, -0.2) is 25.1 Å². The number of rotatable bonds is 4. The van der Waals surface area contributed by atoms with Gasteiger partial charge in [0.15, 0.2) is 0 Å². The number of hydrogen-bond donors (Lipinski definition) is 2. The Bertz CT molecular complexity index is 3930. The molecule has 0 saturated heterocycles. The van der Waals surface area contributed by atoms with Crippen molar-refractivity contribution in [2.75, 3.05) is 0 Å². The van der Waals surface area contributed by atoms with Crippen molar-refractivity contribution in [1.82, 2.24) is 13.5 Å². The van der Waals surface area contributed by atoms with Crippen LogP contribution in [0.15, 0.2) is 188 Å². The molecule has 2 N–H and O–H groups in total. The molecule has 0 bridgehead atoms. The molecule has 0 atom stereocenters. The van der Waals surface area contributed by atoms with Gasteiger partial charge in [-0.25, -0.2) is 0 Å². The van der Waals surface area contributed by atoms with Gasteiger partial charge in [-0.3, -0.25) is 15.4 Å². The molecule has 0 aliphatic heterocycles. The third-order valence-electron chi connectivity index (χ3n) is 12.6. The van der Waals surface area contributed by atoms with E-state index in [4.69, 9.17) is 0 Å². The van der Waals surface area contributed by atoms with Gasteiger partial charge in [0, 0.05) is 70.9 Å². The number of nitrogens with one attached hydrogen (secondary N) is 2. The Morgan fingerprint density at radius 2 is 1.00 bits per heavy atom. The number of para-hydroxylation sites is 4. The minimum Gasteiger partial charge on any atom is -0.309 e. The Labute approximate surface area is 337 Å². The molecule has 4 heterocycles. The summed E-state index contributed by atoms with van der Waals surface area (Å²) in [5.74, 6) is 0.338. The molecule has 13 aromatic rings. The summed E-state index contributed by atoms with van der Waals surface area (Å²) >= 11 is 0. The summed E-state index contributed by atoms with van der Waals surface area (Å²) < 4.78 is 6.89. The Balaban J connectivity index is 1.05. The first-order valence-corrected chi connectivity index (χ1v) is 20.0. The van der Waals surface area contributed by atoms with Crippen LogP contribution >= 0.6 is 0 Å². The minimum atomic E-state index is 0.338. The lowest BCUT2D eigenvalue weighted by atomic mass is 9.95. The topological polar surface area (TPSA) is 62.0 Å². The summed E-state index contributed by atoms with van der Waals surface area (Å²) in [5, 5.41) is 31.7. The molecule has 0 amide bonds. The molecular weight excluding hydrogens is 719 g/mol. The van der Waals surface area contributed by atoms with Gasteiger partial charge in [0.1, 0.15) is 5.84 Å². The molecule has 5 nitrogen and oxygen atoms in total. The van der Waals surface area contributed by atoms with Gasteiger partial charge in [0.2, 0.25) is 0 Å². The van der Waals surface area contributed by atoms with Crippen molar-refractivity contribution in [2.45, 2.75) is 0 Å². The molecule has 0 saturated carbocycles. The highest BCUT2D eigenvalue weighted by Crippen LogP contribution is 2.47. The molecule has 5 heteroatoms. The van der Waals surface area contributed by atoms with Crippen molar-refractivity contribution in [2.24, 2.45) is 0 Å². The van der Waals surface area contributed by atoms with Crippen molar-refractivity contribution in [3.05, 3.63) is 205 Å². The summed E-state index contributed by atoms with van der Waals surface area (Å²) in [6.45, 7) is 0. The zero-order chi connectivity index (χ0) is 38.9. The lowest BCUT2D eigenvalue weighted by Gasteiger charge is -2.15. The molecule has 9 aromatic carbocycles. The third kappa shape index (κ3) is 4.23. The number of fused-ring (bicyclic) bond motifs is 15. The van der Waals surface area contributed by atoms with E-state index < -0.39 is 0 Å². The van der Waals surface area contributed by atoms with Gasteiger partial charge in [-0.15, -0.1) is 0 Å². The van der Waals surface area contributed by atoms with E-state index in [1.165, 1.54) is 48.9 Å². The van der Waals surface area contributed by atoms with Crippen LogP contribution < -0.4 is 0 Å². The van der Waals surface area contributed by atoms with Crippen LogP contribution in [0.3, 0.4) is 0 Å². The first-order valence-electron chi connectivity index (χ1n) is 20.0. The van der Waals surface area contributed by atoms with Crippen molar-refractivity contribution >= 4 is 104 Å². The molecular formula is C54H33N5. The fourth-order valence-electron chi connectivity index (χ4n) is 10.2. The Kier molecular flexibility index (Phi) is 6.40. The average Bonchev–Trinajstić information content (AvgIpc) is 4.02. The summed E-state index contributed by atoms with van der Waals surface area (Å²) in [6.07, 6.45) is 0. The van der Waals surface area contributed by atoms with E-state index in [0.29, 0.717) is 22.7 Å². The van der Waals surface area contributed by atoms with Gasteiger partial charge in [0.25, 0.3) is 0 Å². The molecule has 0 radical (unpaired) electrons. The van der Waals surface area contributed by atoms with E-state index in [1.54, 1.807) is 0 Å². The predicted octanol–water partition coefficient (Wildman–Crippen LogP) is 13.5. The summed E-state index contributed by atoms with van der Waals surface area (Å²) in [7, 11) is 0. The van der Waals surface area contributed by atoms with E-state index in [1.807, 2.05) is 30.3 Å². The lowest BCUT2D eigenvalue weighted by Crippen LogP contribution is -2.17. The largest absolute Gasteiger partial charge is 0.309 e. The molecule has 274 valence electrons. The normalized spacial score (nSPS) is 12.2. The maximum Gasteiger partial charge on any atom is 0.137 e. The van der Waals surface area contributed by atoms with Crippen molar-refractivity contribution < 1.29 is 0 Å². The SMILES string of the molecule is N=C(c1ccc2c(c1)c1ccccc1n2-c1ccccc1)c1ccccc1C(=N)n1c2ccccc2c2c3c4ccc5ccccc5c4n4c5ccccc5c(cc21)c34. The smallest absolute Gasteiger partial charge is 0.137 e. The van der Waals surface area contributed by atoms with Crippen LogP contribution in [0.4, 0.5) is 0 Å². The Hall–Kier alpha value is -8.02. The van der Waals surface area contributed by atoms with Gasteiger partial charge in [-0.05, 0) is 53.9 Å². The number of hydrogen-bond acceptors (Lipinski definition) is 2.